The fraction of sp³-hybridized carbons (Fsp3) is 0.962. The minimum absolute atomic E-state index is 0.0882. The quantitative estimate of drug-likeness (QED) is 0.394. The van der Waals surface area contributed by atoms with E-state index in [9.17, 15) is 23.4 Å². The molecular weight excluding hydrogens is 454 g/mol. The number of rotatable bonds is 7. The third-order valence-electron chi connectivity index (χ3n) is 10.1. The van der Waals surface area contributed by atoms with Crippen molar-refractivity contribution in [3.8, 4) is 0 Å². The maximum absolute atomic E-state index is 12.2. The van der Waals surface area contributed by atoms with E-state index in [-0.39, 0.29) is 60.8 Å². The highest BCUT2D eigenvalue weighted by molar-refractivity contribution is 7.85. The molecule has 0 unspecified atom stereocenters. The van der Waals surface area contributed by atoms with Crippen molar-refractivity contribution in [3.05, 3.63) is 0 Å². The maximum Gasteiger partial charge on any atom is 0.266 e. The van der Waals surface area contributed by atoms with E-state index >= 15 is 0 Å². The molecule has 0 aromatic heterocycles. The van der Waals surface area contributed by atoms with Crippen molar-refractivity contribution in [2.45, 2.75) is 97.1 Å². The van der Waals surface area contributed by atoms with Gasteiger partial charge in [0.05, 0.1) is 19.3 Å². The zero-order valence-electron chi connectivity index (χ0n) is 25.6. The Hall–Kier alpha value is -0.700. The summed E-state index contributed by atoms with van der Waals surface area (Å²) in [7, 11) is -4.13. The Labute approximate surface area is 212 Å². The van der Waals surface area contributed by atoms with Crippen LogP contribution in [0.1, 0.15) is 91.7 Å². The Morgan fingerprint density at radius 3 is 2.59 bits per heavy atom. The highest BCUT2D eigenvalue weighted by atomic mass is 32.2. The summed E-state index contributed by atoms with van der Waals surface area (Å²) in [4.78, 5) is 12.2. The molecular formula is C26H45NO6S. The van der Waals surface area contributed by atoms with Gasteiger partial charge in [0.25, 0.3) is 10.1 Å². The molecule has 4 saturated carbocycles. The summed E-state index contributed by atoms with van der Waals surface area (Å²) in [6, 6.07) is 0. The molecule has 0 aromatic rings. The second kappa shape index (κ2) is 9.64. The molecule has 10 atom stereocenters. The van der Waals surface area contributed by atoms with E-state index in [0.29, 0.717) is 18.8 Å². The van der Waals surface area contributed by atoms with Crippen LogP contribution in [0, 0.1) is 46.3 Å². The molecule has 0 saturated heterocycles. The van der Waals surface area contributed by atoms with Gasteiger partial charge < -0.3 is 15.5 Å². The predicted octanol–water partition coefficient (Wildman–Crippen LogP) is 3.40. The first-order chi connectivity index (χ1) is 17.7. The normalized spacial score (nSPS) is 52.4. The Balaban J connectivity index is 1.49. The lowest BCUT2D eigenvalue weighted by Crippen LogP contribution is -2.58. The van der Waals surface area contributed by atoms with Crippen LogP contribution in [0.4, 0.5) is 0 Å². The molecule has 4 rings (SSSR count). The number of hydrogen-bond acceptors (Lipinski definition) is 5. The van der Waals surface area contributed by atoms with Crippen LogP contribution in [0.2, 0.25) is 0 Å². The third kappa shape index (κ3) is 4.94. The number of carbonyl (C=O) groups is 1. The number of fused-ring (bicyclic) bond motifs is 5. The van der Waals surface area contributed by atoms with Crippen molar-refractivity contribution < 1.29 is 34.8 Å². The molecule has 0 spiro atoms. The molecule has 1 amide bonds. The largest absolute Gasteiger partial charge is 0.393 e. The average Bonchev–Trinajstić information content (AvgIpc) is 3.14. The van der Waals surface area contributed by atoms with Gasteiger partial charge in [0, 0.05) is 18.4 Å². The van der Waals surface area contributed by atoms with Gasteiger partial charge in [-0.1, -0.05) is 20.8 Å². The van der Waals surface area contributed by atoms with Gasteiger partial charge >= 0.3 is 0 Å². The second-order valence-corrected chi connectivity index (χ2v) is 13.5. The smallest absolute Gasteiger partial charge is 0.266 e. The number of aliphatic hydroxyl groups excluding tert-OH is 1. The van der Waals surface area contributed by atoms with Crippen LogP contribution in [0.25, 0.3) is 0 Å². The summed E-state index contributed by atoms with van der Waals surface area (Å²) in [6.07, 6.45) is -4.38. The van der Waals surface area contributed by atoms with Gasteiger partial charge in [-0.25, -0.2) is 0 Å². The molecule has 8 heteroatoms. The maximum atomic E-state index is 12.2. The Morgan fingerprint density at radius 2 is 1.88 bits per heavy atom. The van der Waals surface area contributed by atoms with Gasteiger partial charge in [0.2, 0.25) is 5.91 Å². The molecule has 4 aliphatic rings. The van der Waals surface area contributed by atoms with Crippen molar-refractivity contribution in [1.29, 1.82) is 0 Å². The summed E-state index contributed by atoms with van der Waals surface area (Å²) in [5.74, 6) is -1.14. The number of carbonyl (C=O) groups excluding carboxylic acids is 1. The van der Waals surface area contributed by atoms with Crippen molar-refractivity contribution in [2.75, 3.05) is 12.3 Å². The van der Waals surface area contributed by atoms with E-state index < -0.39 is 52.1 Å². The summed E-state index contributed by atoms with van der Waals surface area (Å²) >= 11 is 0. The van der Waals surface area contributed by atoms with Crippen LogP contribution in [-0.4, -0.2) is 53.6 Å². The zero-order valence-corrected chi connectivity index (χ0v) is 21.4. The summed E-state index contributed by atoms with van der Waals surface area (Å²) in [6.45, 7) is 6.16. The number of aliphatic hydroxyl groups is 2. The molecule has 0 bridgehead atoms. The van der Waals surface area contributed by atoms with Gasteiger partial charge in [-0.3, -0.25) is 9.35 Å². The summed E-state index contributed by atoms with van der Waals surface area (Å²) in [5.41, 5.74) is -0.885. The minimum Gasteiger partial charge on any atom is -0.393 e. The van der Waals surface area contributed by atoms with Crippen LogP contribution < -0.4 is 5.32 Å². The minimum atomic E-state index is -4.13. The fourth-order valence-corrected chi connectivity index (χ4v) is 8.70. The van der Waals surface area contributed by atoms with Crippen molar-refractivity contribution in [3.63, 3.8) is 0 Å². The lowest BCUT2D eigenvalue weighted by atomic mass is 9.43. The Bertz CT molecular complexity index is 1070. The number of amides is 1. The predicted molar refractivity (Wildman–Crippen MR) is 130 cm³/mol. The first-order valence-corrected chi connectivity index (χ1v) is 14.4. The van der Waals surface area contributed by atoms with Gasteiger partial charge in [-0.05, 0) is 104 Å². The van der Waals surface area contributed by atoms with E-state index in [1.807, 2.05) is 6.92 Å². The molecule has 7 nitrogen and oxygen atoms in total. The highest BCUT2D eigenvalue weighted by Gasteiger charge is 2.62. The fourth-order valence-electron chi connectivity index (χ4n) is 8.34. The van der Waals surface area contributed by atoms with Gasteiger partial charge in [0.15, 0.2) is 0 Å². The van der Waals surface area contributed by atoms with E-state index in [0.717, 1.165) is 19.3 Å². The van der Waals surface area contributed by atoms with Crippen molar-refractivity contribution in [1.82, 2.24) is 5.32 Å². The second-order valence-electron chi connectivity index (χ2n) is 11.9. The average molecular weight is 505 g/mol. The van der Waals surface area contributed by atoms with Crippen LogP contribution in [0.3, 0.4) is 0 Å². The zero-order chi connectivity index (χ0) is 29.4. The van der Waals surface area contributed by atoms with Crippen LogP contribution in [0.5, 0.6) is 0 Å². The molecule has 4 aliphatic carbocycles. The van der Waals surface area contributed by atoms with E-state index in [1.54, 1.807) is 0 Å². The highest BCUT2D eigenvalue weighted by Crippen LogP contribution is 2.68. The lowest BCUT2D eigenvalue weighted by Gasteiger charge is -2.62. The van der Waals surface area contributed by atoms with Gasteiger partial charge in [0.1, 0.15) is 0 Å². The first-order valence-electron chi connectivity index (χ1n) is 15.3. The molecule has 4 fully saturated rings. The molecule has 0 aromatic carbocycles. The monoisotopic (exact) mass is 504 g/mol. The van der Waals surface area contributed by atoms with E-state index in [1.165, 1.54) is 0 Å². The van der Waals surface area contributed by atoms with Gasteiger partial charge in [-0.2, -0.15) is 8.42 Å². The molecule has 34 heavy (non-hydrogen) atoms. The third-order valence-corrected chi connectivity index (χ3v) is 10.8. The van der Waals surface area contributed by atoms with Crippen molar-refractivity contribution >= 4 is 16.0 Å². The molecule has 0 aliphatic heterocycles. The van der Waals surface area contributed by atoms with E-state index in [4.69, 9.17) is 11.4 Å². The number of nitrogens with one attached hydrogen (secondary N) is 1. The molecule has 0 radical (unpaired) electrons. The SMILES string of the molecule is [2H]C1([2H])C[C@@]2(C)[C@H](C[C@H](O)[C@@H]3[C@@H]2CC[C@]2(C)[C@@H]([C@H](C)CCC(=O)NCCS(=O)(=O)O)CC[C@@H]32)C([2H])([2H])[C@]1([2H])O. The Morgan fingerprint density at radius 1 is 1.18 bits per heavy atom. The number of hydrogen-bond donors (Lipinski definition) is 4. The lowest BCUT2D eigenvalue weighted by molar-refractivity contribution is -0.174. The Kier molecular flexibility index (Phi) is 5.77. The standard InChI is InChI=1S/C26H45NO6S/c1-16(4-7-23(30)27-12-13-34(31,32)33)19-5-6-20-24-21(9-11-26(19,20)3)25(2)10-8-18(28)14-17(25)15-22(24)29/h16-22,24,28-29H,4-15H2,1-3H3,(H,27,30)(H,31,32,33)/t16-,17+,18-,19-,20+,21+,22+,24+,25+,26-/m1/s1/i8D2,14D2,18D. The van der Waals surface area contributed by atoms with Gasteiger partial charge in [-0.15, -0.1) is 0 Å². The molecule has 4 N–H and O–H groups in total. The first kappa shape index (κ1) is 20.4. The van der Waals surface area contributed by atoms with E-state index in [2.05, 4.69) is 19.2 Å². The summed E-state index contributed by atoms with van der Waals surface area (Å²) < 4.78 is 73.1. The van der Waals surface area contributed by atoms with Crippen LogP contribution >= 0.6 is 0 Å². The summed E-state index contributed by atoms with van der Waals surface area (Å²) in [5, 5.41) is 24.7. The molecule has 196 valence electrons. The van der Waals surface area contributed by atoms with Crippen molar-refractivity contribution in [2.24, 2.45) is 46.3 Å². The molecule has 0 heterocycles. The topological polar surface area (TPSA) is 124 Å². The van der Waals surface area contributed by atoms with Crippen LogP contribution in [-0.2, 0) is 14.9 Å². The van der Waals surface area contributed by atoms with Crippen LogP contribution in [0.15, 0.2) is 0 Å².